The zero-order valence-electron chi connectivity index (χ0n) is 22.0. The zero-order chi connectivity index (χ0) is 26.5. The standard InChI is InChI=1S/C29H37N3O4S/c1-5-11-19(2)30-16-10-15-29-23(26(35)32(20(3)18-33)24(29)27(30)36)22-25(34)31(21-12-7-6-8-13-21)17-9-14-28(22,4)37-29/h6-10,12-15,19-20,22-24,33H,5,11,16-18H2,1-4H3/t19?,20-,22-,23+,24?,28+,29+/m1/s1. The SMILES string of the molecule is CCCC(C)N1CC=C[C@]23S[C@@]4(C)C=CCN(c5ccccc5)C(=O)[C@H]4[C@H]2C(=O)N([C@H](C)CO)C3C1=O. The fraction of sp³-hybridized carbons (Fsp3) is 0.552. The summed E-state index contributed by atoms with van der Waals surface area (Å²) in [4.78, 5) is 48.1. The van der Waals surface area contributed by atoms with Crippen LogP contribution in [0.15, 0.2) is 54.6 Å². The van der Waals surface area contributed by atoms with Crippen molar-refractivity contribution in [2.24, 2.45) is 11.8 Å². The molecular weight excluding hydrogens is 486 g/mol. The second kappa shape index (κ2) is 9.62. The second-order valence-electron chi connectivity index (χ2n) is 11.0. The molecule has 4 aliphatic heterocycles. The summed E-state index contributed by atoms with van der Waals surface area (Å²) in [5, 5.41) is 10.1. The lowest BCUT2D eigenvalue weighted by Gasteiger charge is -2.40. The largest absolute Gasteiger partial charge is 0.394 e. The smallest absolute Gasteiger partial charge is 0.247 e. The van der Waals surface area contributed by atoms with Crippen molar-refractivity contribution >= 4 is 35.2 Å². The van der Waals surface area contributed by atoms with Gasteiger partial charge in [0.25, 0.3) is 0 Å². The van der Waals surface area contributed by atoms with Crippen molar-refractivity contribution < 1.29 is 19.5 Å². The highest BCUT2D eigenvalue weighted by Crippen LogP contribution is 2.66. The maximum absolute atomic E-state index is 14.3. The third kappa shape index (κ3) is 3.86. The van der Waals surface area contributed by atoms with E-state index in [4.69, 9.17) is 0 Å². The molecule has 7 atom stereocenters. The number of rotatable bonds is 6. The molecule has 2 unspecified atom stereocenters. The molecule has 37 heavy (non-hydrogen) atoms. The second-order valence-corrected chi connectivity index (χ2v) is 12.8. The van der Waals surface area contributed by atoms with Gasteiger partial charge in [0.05, 0.1) is 29.2 Å². The summed E-state index contributed by atoms with van der Waals surface area (Å²) in [6.45, 7) is 8.63. The van der Waals surface area contributed by atoms with Gasteiger partial charge in [-0.2, -0.15) is 0 Å². The molecule has 0 aromatic heterocycles. The molecule has 198 valence electrons. The third-order valence-corrected chi connectivity index (χ3v) is 10.4. The molecule has 1 aromatic carbocycles. The average molecular weight is 524 g/mol. The number of nitrogens with zero attached hydrogens (tertiary/aromatic N) is 3. The fourth-order valence-corrected chi connectivity index (χ4v) is 8.99. The summed E-state index contributed by atoms with van der Waals surface area (Å²) >= 11 is 1.58. The number of anilines is 1. The van der Waals surface area contributed by atoms with E-state index in [1.165, 1.54) is 0 Å². The van der Waals surface area contributed by atoms with Crippen molar-refractivity contribution in [3.05, 3.63) is 54.6 Å². The Balaban J connectivity index is 1.64. The van der Waals surface area contributed by atoms with Gasteiger partial charge in [-0.25, -0.2) is 0 Å². The Morgan fingerprint density at radius 2 is 1.68 bits per heavy atom. The van der Waals surface area contributed by atoms with Gasteiger partial charge in [0.2, 0.25) is 17.7 Å². The fourth-order valence-electron chi connectivity index (χ4n) is 6.85. The lowest BCUT2D eigenvalue weighted by molar-refractivity contribution is -0.146. The molecule has 0 radical (unpaired) electrons. The monoisotopic (exact) mass is 523 g/mol. The predicted molar refractivity (Wildman–Crippen MR) is 146 cm³/mol. The molecule has 1 spiro atoms. The number of carbonyl (C=O) groups is 3. The zero-order valence-corrected chi connectivity index (χ0v) is 22.9. The highest BCUT2D eigenvalue weighted by atomic mass is 32.2. The first kappa shape index (κ1) is 26.0. The van der Waals surface area contributed by atoms with Gasteiger partial charge in [0.15, 0.2) is 0 Å². The Morgan fingerprint density at radius 1 is 0.973 bits per heavy atom. The van der Waals surface area contributed by atoms with Crippen LogP contribution in [0, 0.1) is 11.8 Å². The van der Waals surface area contributed by atoms with Crippen molar-refractivity contribution in [2.75, 3.05) is 24.6 Å². The molecule has 1 N–H and O–H groups in total. The van der Waals surface area contributed by atoms with E-state index < -0.39 is 33.4 Å². The molecule has 0 saturated carbocycles. The summed E-state index contributed by atoms with van der Waals surface area (Å²) in [6, 6.07) is 8.27. The van der Waals surface area contributed by atoms with E-state index >= 15 is 0 Å². The van der Waals surface area contributed by atoms with Crippen molar-refractivity contribution in [3.8, 4) is 0 Å². The van der Waals surface area contributed by atoms with Gasteiger partial charge in [0.1, 0.15) is 6.04 Å². The molecule has 4 aliphatic rings. The van der Waals surface area contributed by atoms with Crippen LogP contribution in [0.1, 0.15) is 40.5 Å². The van der Waals surface area contributed by atoms with Gasteiger partial charge < -0.3 is 19.8 Å². The van der Waals surface area contributed by atoms with E-state index in [0.717, 1.165) is 18.5 Å². The minimum absolute atomic E-state index is 0.0281. The first-order valence-electron chi connectivity index (χ1n) is 13.4. The van der Waals surface area contributed by atoms with E-state index in [1.807, 2.05) is 60.4 Å². The molecule has 7 nitrogen and oxygen atoms in total. The number of carbonyl (C=O) groups excluding carboxylic acids is 3. The molecule has 3 amide bonds. The molecule has 1 aromatic rings. The lowest BCUT2D eigenvalue weighted by atomic mass is 9.74. The maximum atomic E-state index is 14.3. The van der Waals surface area contributed by atoms with Crippen LogP contribution >= 0.6 is 11.8 Å². The van der Waals surface area contributed by atoms with Gasteiger partial charge in [-0.1, -0.05) is 55.8 Å². The van der Waals surface area contributed by atoms with Crippen molar-refractivity contribution in [1.82, 2.24) is 9.80 Å². The number of amides is 3. The highest BCUT2D eigenvalue weighted by Gasteiger charge is 2.74. The van der Waals surface area contributed by atoms with Crippen LogP contribution in [0.2, 0.25) is 0 Å². The Morgan fingerprint density at radius 3 is 2.35 bits per heavy atom. The highest BCUT2D eigenvalue weighted by molar-refractivity contribution is 8.02. The minimum Gasteiger partial charge on any atom is -0.394 e. The Kier molecular flexibility index (Phi) is 6.77. The Labute approximate surface area is 223 Å². The molecule has 2 saturated heterocycles. The van der Waals surface area contributed by atoms with Crippen LogP contribution in [0.5, 0.6) is 0 Å². The van der Waals surface area contributed by atoms with Crippen molar-refractivity contribution in [1.29, 1.82) is 0 Å². The van der Waals surface area contributed by atoms with Crippen LogP contribution in [-0.2, 0) is 14.4 Å². The number of fused-ring (bicyclic) bond motifs is 2. The first-order chi connectivity index (χ1) is 17.7. The lowest BCUT2D eigenvalue weighted by Crippen LogP contribution is -2.57. The van der Waals surface area contributed by atoms with Gasteiger partial charge in [0, 0.05) is 29.6 Å². The van der Waals surface area contributed by atoms with Crippen LogP contribution in [0.25, 0.3) is 0 Å². The quantitative estimate of drug-likeness (QED) is 0.579. The Bertz CT molecular complexity index is 1140. The molecule has 4 heterocycles. The van der Waals surface area contributed by atoms with Gasteiger partial charge in [-0.05, 0) is 39.3 Å². The summed E-state index contributed by atoms with van der Waals surface area (Å²) in [5.74, 6) is -1.75. The summed E-state index contributed by atoms with van der Waals surface area (Å²) in [7, 11) is 0. The molecule has 0 bridgehead atoms. The summed E-state index contributed by atoms with van der Waals surface area (Å²) in [5.41, 5.74) is 0.793. The number of aliphatic hydroxyl groups is 1. The van der Waals surface area contributed by atoms with E-state index in [2.05, 4.69) is 19.9 Å². The number of hydrogen-bond acceptors (Lipinski definition) is 5. The average Bonchev–Trinajstić information content (AvgIpc) is 3.16. The van der Waals surface area contributed by atoms with E-state index in [0.29, 0.717) is 13.1 Å². The maximum Gasteiger partial charge on any atom is 0.247 e. The molecule has 5 rings (SSSR count). The van der Waals surface area contributed by atoms with Crippen LogP contribution in [-0.4, -0.2) is 79.9 Å². The van der Waals surface area contributed by atoms with Gasteiger partial charge in [-0.15, -0.1) is 11.8 Å². The minimum atomic E-state index is -0.891. The van der Waals surface area contributed by atoms with Crippen molar-refractivity contribution in [3.63, 3.8) is 0 Å². The molecule has 0 aliphatic carbocycles. The van der Waals surface area contributed by atoms with Gasteiger partial charge in [-0.3, -0.25) is 14.4 Å². The number of thioether (sulfide) groups is 1. The van der Waals surface area contributed by atoms with Crippen LogP contribution in [0.3, 0.4) is 0 Å². The van der Waals surface area contributed by atoms with Crippen molar-refractivity contribution in [2.45, 2.75) is 68.2 Å². The number of aliphatic hydroxyl groups excluding tert-OH is 1. The number of likely N-dealkylation sites (tertiary alicyclic amines) is 1. The van der Waals surface area contributed by atoms with E-state index in [1.54, 1.807) is 28.5 Å². The Hall–Kier alpha value is -2.58. The molecular formula is C29H37N3O4S. The van der Waals surface area contributed by atoms with Gasteiger partial charge >= 0.3 is 0 Å². The first-order valence-corrected chi connectivity index (χ1v) is 14.2. The third-order valence-electron chi connectivity index (χ3n) is 8.57. The number of hydrogen-bond donors (Lipinski definition) is 1. The molecule has 2 fully saturated rings. The van der Waals surface area contributed by atoms with Crippen LogP contribution in [0.4, 0.5) is 5.69 Å². The summed E-state index contributed by atoms with van der Waals surface area (Å²) < 4.78 is -1.54. The number of para-hydroxylation sites is 1. The normalized spacial score (nSPS) is 34.7. The topological polar surface area (TPSA) is 81.2 Å². The summed E-state index contributed by atoms with van der Waals surface area (Å²) in [6.07, 6.45) is 9.96. The van der Waals surface area contributed by atoms with E-state index in [9.17, 15) is 19.5 Å². The van der Waals surface area contributed by atoms with Crippen LogP contribution < -0.4 is 4.90 Å². The predicted octanol–water partition coefficient (Wildman–Crippen LogP) is 3.24. The molecule has 8 heteroatoms. The van der Waals surface area contributed by atoms with E-state index in [-0.39, 0.29) is 30.4 Å². The number of benzene rings is 1.